The van der Waals surface area contributed by atoms with Gasteiger partial charge < -0.3 is 5.32 Å². The first-order valence-electron chi connectivity index (χ1n) is 5.66. The highest BCUT2D eigenvalue weighted by atomic mass is 19.3. The normalized spacial score (nSPS) is 12.1. The second-order valence-corrected chi connectivity index (χ2v) is 3.97. The second-order valence-electron chi connectivity index (χ2n) is 3.97. The quantitative estimate of drug-likeness (QED) is 0.844. The molecule has 0 atom stereocenters. The zero-order valence-corrected chi connectivity index (χ0v) is 10.1. The van der Waals surface area contributed by atoms with Crippen LogP contribution >= 0.6 is 0 Å². The number of hydrogen-bond donors (Lipinski definition) is 1. The Labute approximate surface area is 110 Å². The molecule has 2 rings (SSSR count). The number of nitrogens with zero attached hydrogens (tertiary/aromatic N) is 3. The average Bonchev–Trinajstić information content (AvgIpc) is 2.82. The molecule has 2 aromatic rings. The number of pyridine rings is 1. The Bertz CT molecular complexity index is 613. The molecule has 0 bridgehead atoms. The van der Waals surface area contributed by atoms with Crippen molar-refractivity contribution < 1.29 is 22.4 Å². The SMILES string of the molecule is O=C(NCCc1nnc2ccccn12)C(F)(F)C(F)F. The van der Waals surface area contributed by atoms with Crippen LogP contribution in [0.15, 0.2) is 24.4 Å². The highest BCUT2D eigenvalue weighted by Crippen LogP contribution is 2.22. The largest absolute Gasteiger partial charge is 0.383 e. The standard InChI is InChI=1S/C11H10F4N4O/c12-9(13)11(14,15)10(20)16-5-4-8-18-17-7-3-1-2-6-19(7)8/h1-3,6,9H,4-5H2,(H,16,20). The van der Waals surface area contributed by atoms with Crippen molar-refractivity contribution in [1.29, 1.82) is 0 Å². The first-order valence-corrected chi connectivity index (χ1v) is 5.66. The summed E-state index contributed by atoms with van der Waals surface area (Å²) in [4.78, 5) is 10.9. The molecule has 20 heavy (non-hydrogen) atoms. The Morgan fingerprint density at radius 3 is 2.80 bits per heavy atom. The fraction of sp³-hybridized carbons (Fsp3) is 0.364. The Morgan fingerprint density at radius 2 is 2.10 bits per heavy atom. The van der Waals surface area contributed by atoms with Crippen LogP contribution < -0.4 is 5.32 Å². The summed E-state index contributed by atoms with van der Waals surface area (Å²) >= 11 is 0. The Kier molecular flexibility index (Phi) is 3.86. The molecular formula is C11H10F4N4O. The second kappa shape index (κ2) is 5.43. The molecule has 108 valence electrons. The number of rotatable bonds is 5. The summed E-state index contributed by atoms with van der Waals surface area (Å²) in [5, 5.41) is 9.40. The molecule has 0 saturated carbocycles. The van der Waals surface area contributed by atoms with Crippen LogP contribution in [-0.4, -0.2) is 39.4 Å². The van der Waals surface area contributed by atoms with E-state index in [1.165, 1.54) is 0 Å². The van der Waals surface area contributed by atoms with Crippen molar-refractivity contribution in [2.45, 2.75) is 18.8 Å². The molecule has 0 fully saturated rings. The van der Waals surface area contributed by atoms with Crippen molar-refractivity contribution in [2.75, 3.05) is 6.54 Å². The molecule has 2 heterocycles. The zero-order valence-electron chi connectivity index (χ0n) is 10.1. The number of amides is 1. The van der Waals surface area contributed by atoms with E-state index < -0.39 is 18.3 Å². The first-order chi connectivity index (χ1) is 9.43. The number of nitrogens with one attached hydrogen (secondary N) is 1. The predicted molar refractivity (Wildman–Crippen MR) is 60.7 cm³/mol. The molecule has 0 saturated heterocycles. The lowest BCUT2D eigenvalue weighted by Crippen LogP contribution is -2.45. The average molecular weight is 290 g/mol. The van der Waals surface area contributed by atoms with E-state index in [0.29, 0.717) is 11.5 Å². The van der Waals surface area contributed by atoms with Crippen LogP contribution in [0.1, 0.15) is 5.82 Å². The van der Waals surface area contributed by atoms with E-state index in [0.717, 1.165) is 0 Å². The maximum absolute atomic E-state index is 12.7. The Morgan fingerprint density at radius 1 is 1.35 bits per heavy atom. The van der Waals surface area contributed by atoms with Gasteiger partial charge in [-0.15, -0.1) is 10.2 Å². The van der Waals surface area contributed by atoms with Gasteiger partial charge in [-0.3, -0.25) is 9.20 Å². The van der Waals surface area contributed by atoms with E-state index in [1.807, 2.05) is 0 Å². The molecule has 0 aliphatic rings. The van der Waals surface area contributed by atoms with Crippen molar-refractivity contribution in [2.24, 2.45) is 0 Å². The minimum Gasteiger partial charge on any atom is -0.350 e. The Hall–Kier alpha value is -2.19. The van der Waals surface area contributed by atoms with E-state index in [2.05, 4.69) is 10.2 Å². The molecular weight excluding hydrogens is 280 g/mol. The van der Waals surface area contributed by atoms with Crippen LogP contribution in [0.25, 0.3) is 5.65 Å². The summed E-state index contributed by atoms with van der Waals surface area (Å²) < 4.78 is 50.8. The topological polar surface area (TPSA) is 59.3 Å². The van der Waals surface area contributed by atoms with Crippen LogP contribution in [0.4, 0.5) is 17.6 Å². The highest BCUT2D eigenvalue weighted by molar-refractivity contribution is 5.83. The van der Waals surface area contributed by atoms with Gasteiger partial charge in [0.1, 0.15) is 5.82 Å². The monoisotopic (exact) mass is 290 g/mol. The molecule has 2 aromatic heterocycles. The number of hydrogen-bond acceptors (Lipinski definition) is 3. The van der Waals surface area contributed by atoms with Gasteiger partial charge in [-0.05, 0) is 12.1 Å². The number of alkyl halides is 4. The number of fused-ring (bicyclic) bond motifs is 1. The molecule has 1 N–H and O–H groups in total. The van der Waals surface area contributed by atoms with Crippen LogP contribution in [0.5, 0.6) is 0 Å². The third-order valence-electron chi connectivity index (χ3n) is 2.60. The van der Waals surface area contributed by atoms with Gasteiger partial charge in [-0.25, -0.2) is 8.78 Å². The molecule has 0 unspecified atom stereocenters. The minimum absolute atomic E-state index is 0.0935. The molecule has 9 heteroatoms. The summed E-state index contributed by atoms with van der Waals surface area (Å²) in [5.41, 5.74) is 0.562. The number of carbonyl (C=O) groups is 1. The molecule has 0 radical (unpaired) electrons. The molecule has 5 nitrogen and oxygen atoms in total. The smallest absolute Gasteiger partial charge is 0.350 e. The van der Waals surface area contributed by atoms with Gasteiger partial charge in [0.25, 0.3) is 5.91 Å². The van der Waals surface area contributed by atoms with Gasteiger partial charge >= 0.3 is 12.3 Å². The third kappa shape index (κ3) is 2.70. The molecule has 0 spiro atoms. The summed E-state index contributed by atoms with van der Waals surface area (Å²) in [6, 6.07) is 5.17. The van der Waals surface area contributed by atoms with E-state index in [9.17, 15) is 22.4 Å². The first kappa shape index (κ1) is 14.2. The molecule has 0 aliphatic carbocycles. The number of aromatic nitrogens is 3. The summed E-state index contributed by atoms with van der Waals surface area (Å²) in [7, 11) is 0. The highest BCUT2D eigenvalue weighted by Gasteiger charge is 2.48. The van der Waals surface area contributed by atoms with Crippen LogP contribution in [-0.2, 0) is 11.2 Å². The zero-order chi connectivity index (χ0) is 14.8. The molecule has 1 amide bonds. The molecule has 0 aliphatic heterocycles. The lowest BCUT2D eigenvalue weighted by atomic mass is 10.3. The van der Waals surface area contributed by atoms with E-state index >= 15 is 0 Å². The third-order valence-corrected chi connectivity index (χ3v) is 2.60. The van der Waals surface area contributed by atoms with Crippen molar-refractivity contribution in [3.63, 3.8) is 0 Å². The summed E-state index contributed by atoms with van der Waals surface area (Å²) in [6.45, 7) is -0.239. The van der Waals surface area contributed by atoms with Gasteiger partial charge in [-0.1, -0.05) is 6.07 Å². The maximum atomic E-state index is 12.7. The van der Waals surface area contributed by atoms with Crippen LogP contribution in [0.2, 0.25) is 0 Å². The van der Waals surface area contributed by atoms with Gasteiger partial charge in [0.15, 0.2) is 5.65 Å². The summed E-state index contributed by atoms with van der Waals surface area (Å²) in [6.07, 6.45) is -2.27. The lowest BCUT2D eigenvalue weighted by molar-refractivity contribution is -0.169. The number of halogens is 4. The van der Waals surface area contributed by atoms with E-state index in [1.54, 1.807) is 34.1 Å². The van der Waals surface area contributed by atoms with E-state index in [-0.39, 0.29) is 13.0 Å². The fourth-order valence-electron chi connectivity index (χ4n) is 1.57. The summed E-state index contributed by atoms with van der Waals surface area (Å²) in [5.74, 6) is -6.25. The lowest BCUT2D eigenvalue weighted by Gasteiger charge is -2.14. The van der Waals surface area contributed by atoms with Crippen molar-refractivity contribution >= 4 is 11.6 Å². The van der Waals surface area contributed by atoms with Crippen LogP contribution in [0, 0.1) is 0 Å². The molecule has 0 aromatic carbocycles. The van der Waals surface area contributed by atoms with Crippen molar-refractivity contribution in [3.05, 3.63) is 30.2 Å². The van der Waals surface area contributed by atoms with Crippen molar-refractivity contribution in [1.82, 2.24) is 19.9 Å². The van der Waals surface area contributed by atoms with Gasteiger partial charge in [0, 0.05) is 19.2 Å². The fourth-order valence-corrected chi connectivity index (χ4v) is 1.57. The van der Waals surface area contributed by atoms with Crippen molar-refractivity contribution in [3.8, 4) is 0 Å². The van der Waals surface area contributed by atoms with E-state index in [4.69, 9.17) is 0 Å². The number of carbonyl (C=O) groups excluding carboxylic acids is 1. The predicted octanol–water partition coefficient (Wildman–Crippen LogP) is 1.29. The van der Waals surface area contributed by atoms with Gasteiger partial charge in [-0.2, -0.15) is 8.78 Å². The van der Waals surface area contributed by atoms with Gasteiger partial charge in [0.05, 0.1) is 0 Å². The minimum atomic E-state index is -4.69. The van der Waals surface area contributed by atoms with Gasteiger partial charge in [0.2, 0.25) is 0 Å². The van der Waals surface area contributed by atoms with Crippen LogP contribution in [0.3, 0.4) is 0 Å². The maximum Gasteiger partial charge on any atom is 0.383 e. The Balaban J connectivity index is 1.95.